The molecule has 0 radical (unpaired) electrons. The lowest BCUT2D eigenvalue weighted by Crippen LogP contribution is -2.20. The Kier molecular flexibility index (Phi) is 4.11. The first-order valence-electron chi connectivity index (χ1n) is 5.76. The summed E-state index contributed by atoms with van der Waals surface area (Å²) in [4.78, 5) is 4.49. The summed E-state index contributed by atoms with van der Waals surface area (Å²) in [5.41, 5.74) is 7.24. The van der Waals surface area contributed by atoms with Crippen LogP contribution in [0.2, 0.25) is 0 Å². The minimum atomic E-state index is 0.344. The van der Waals surface area contributed by atoms with Crippen molar-refractivity contribution in [3.63, 3.8) is 0 Å². The molecule has 0 atom stereocenters. The van der Waals surface area contributed by atoms with Crippen LogP contribution in [0.25, 0.3) is 0 Å². The van der Waals surface area contributed by atoms with E-state index < -0.39 is 0 Å². The van der Waals surface area contributed by atoms with E-state index in [1.54, 1.807) is 0 Å². The average Bonchev–Trinajstić information content (AvgIpc) is 2.52. The molecule has 1 fully saturated rings. The van der Waals surface area contributed by atoms with Crippen molar-refractivity contribution in [2.75, 3.05) is 6.67 Å². The van der Waals surface area contributed by atoms with Crippen LogP contribution in [-0.4, -0.2) is 12.4 Å². The lowest BCUT2D eigenvalue weighted by atomic mass is 9.84. The minimum Gasteiger partial charge on any atom is -0.312 e. The zero-order valence-electron chi connectivity index (χ0n) is 9.84. The first kappa shape index (κ1) is 11.7. The second-order valence-corrected chi connectivity index (χ2v) is 5.55. The number of aliphatic imine (C=N–C) groups is 1. The molecule has 0 aliphatic heterocycles. The molecule has 0 amide bonds. The molecule has 2 N–H and O–H groups in total. The highest BCUT2D eigenvalue weighted by Gasteiger charge is 2.24. The summed E-state index contributed by atoms with van der Waals surface area (Å²) in [6.45, 7) is 7.28. The molecule has 0 bridgehead atoms. The molecule has 0 aromatic heterocycles. The molecule has 0 heterocycles. The van der Waals surface area contributed by atoms with Gasteiger partial charge in [0.15, 0.2) is 0 Å². The van der Waals surface area contributed by atoms with E-state index in [2.05, 4.69) is 25.8 Å². The summed E-state index contributed by atoms with van der Waals surface area (Å²) in [5.74, 6) is 0.734. The van der Waals surface area contributed by atoms with Gasteiger partial charge in [0.1, 0.15) is 0 Å². The Morgan fingerprint density at radius 1 is 1.29 bits per heavy atom. The lowest BCUT2D eigenvalue weighted by molar-refractivity contribution is 0.424. The Morgan fingerprint density at radius 2 is 1.86 bits per heavy atom. The summed E-state index contributed by atoms with van der Waals surface area (Å²) in [5, 5.41) is 0. The maximum atomic E-state index is 5.53. The minimum absolute atomic E-state index is 0.344. The molecule has 1 aliphatic carbocycles. The van der Waals surface area contributed by atoms with Gasteiger partial charge in [-0.05, 0) is 30.6 Å². The maximum absolute atomic E-state index is 5.53. The summed E-state index contributed by atoms with van der Waals surface area (Å²) in [6, 6.07) is 0. The van der Waals surface area contributed by atoms with E-state index >= 15 is 0 Å². The van der Waals surface area contributed by atoms with Crippen molar-refractivity contribution >= 4 is 5.71 Å². The van der Waals surface area contributed by atoms with E-state index in [0.717, 1.165) is 12.3 Å². The van der Waals surface area contributed by atoms with Crippen LogP contribution in [0.1, 0.15) is 52.9 Å². The van der Waals surface area contributed by atoms with Crippen LogP contribution < -0.4 is 5.73 Å². The number of hydrogen-bond donors (Lipinski definition) is 1. The smallest absolute Gasteiger partial charge is 0.0858 e. The fourth-order valence-corrected chi connectivity index (χ4v) is 2.25. The molecule has 0 aromatic rings. The van der Waals surface area contributed by atoms with Gasteiger partial charge >= 0.3 is 0 Å². The summed E-state index contributed by atoms with van der Waals surface area (Å²) < 4.78 is 0. The van der Waals surface area contributed by atoms with Gasteiger partial charge in [0.25, 0.3) is 0 Å². The second kappa shape index (κ2) is 4.92. The summed E-state index contributed by atoms with van der Waals surface area (Å²) >= 11 is 0. The molecule has 2 nitrogen and oxygen atoms in total. The third-order valence-corrected chi connectivity index (χ3v) is 2.83. The molecule has 1 saturated carbocycles. The van der Waals surface area contributed by atoms with E-state index in [1.165, 1.54) is 31.4 Å². The first-order chi connectivity index (χ1) is 6.53. The Labute approximate surface area is 88.0 Å². The predicted octanol–water partition coefficient (Wildman–Crippen LogP) is 2.97. The van der Waals surface area contributed by atoms with Crippen LogP contribution in [0.5, 0.6) is 0 Å². The van der Waals surface area contributed by atoms with E-state index in [1.807, 2.05) is 0 Å². The van der Waals surface area contributed by atoms with E-state index in [0.29, 0.717) is 12.1 Å². The van der Waals surface area contributed by atoms with Crippen molar-refractivity contribution in [2.45, 2.75) is 52.9 Å². The van der Waals surface area contributed by atoms with Crippen LogP contribution in [0.15, 0.2) is 4.99 Å². The molecule has 2 heteroatoms. The highest BCUT2D eigenvalue weighted by atomic mass is 14.9. The highest BCUT2D eigenvalue weighted by Crippen LogP contribution is 2.31. The van der Waals surface area contributed by atoms with Gasteiger partial charge in [0.2, 0.25) is 0 Å². The molecule has 1 aliphatic rings. The molecule has 14 heavy (non-hydrogen) atoms. The maximum Gasteiger partial charge on any atom is 0.0858 e. The number of nitrogens with two attached hydrogens (primary N) is 1. The fourth-order valence-electron chi connectivity index (χ4n) is 2.25. The molecular weight excluding hydrogens is 172 g/mol. The first-order valence-corrected chi connectivity index (χ1v) is 5.76. The topological polar surface area (TPSA) is 38.4 Å². The van der Waals surface area contributed by atoms with Crippen molar-refractivity contribution in [3.8, 4) is 0 Å². The van der Waals surface area contributed by atoms with Crippen LogP contribution in [0, 0.1) is 11.3 Å². The normalized spacial score (nSPS) is 20.4. The number of rotatable bonds is 3. The average molecular weight is 196 g/mol. The molecular formula is C12H24N2. The van der Waals surface area contributed by atoms with Crippen molar-refractivity contribution in [2.24, 2.45) is 22.1 Å². The van der Waals surface area contributed by atoms with Gasteiger partial charge in [-0.3, -0.25) is 4.99 Å². The monoisotopic (exact) mass is 196 g/mol. The van der Waals surface area contributed by atoms with Crippen molar-refractivity contribution < 1.29 is 0 Å². The highest BCUT2D eigenvalue weighted by molar-refractivity contribution is 5.87. The lowest BCUT2D eigenvalue weighted by Gasteiger charge is -2.23. The van der Waals surface area contributed by atoms with Crippen molar-refractivity contribution in [1.82, 2.24) is 0 Å². The third kappa shape index (κ3) is 3.79. The van der Waals surface area contributed by atoms with Gasteiger partial charge < -0.3 is 5.73 Å². The number of nitrogens with zero attached hydrogens (tertiary/aromatic N) is 1. The van der Waals surface area contributed by atoms with Crippen molar-refractivity contribution in [3.05, 3.63) is 0 Å². The van der Waals surface area contributed by atoms with Gasteiger partial charge in [-0.25, -0.2) is 0 Å². The molecule has 82 valence electrons. The largest absolute Gasteiger partial charge is 0.312 e. The molecule has 0 unspecified atom stereocenters. The Morgan fingerprint density at radius 3 is 2.29 bits per heavy atom. The quantitative estimate of drug-likeness (QED) is 0.692. The SMILES string of the molecule is CC(C)(C)C/C(=N\CN)C1CCCC1. The Bertz CT molecular complexity index is 195. The van der Waals surface area contributed by atoms with E-state index in [9.17, 15) is 0 Å². The molecule has 0 spiro atoms. The molecule has 0 saturated heterocycles. The van der Waals surface area contributed by atoms with Crippen LogP contribution in [0.3, 0.4) is 0 Å². The third-order valence-electron chi connectivity index (χ3n) is 2.83. The zero-order chi connectivity index (χ0) is 10.6. The summed E-state index contributed by atoms with van der Waals surface area (Å²) in [6.07, 6.45) is 6.51. The van der Waals surface area contributed by atoms with Crippen LogP contribution in [-0.2, 0) is 0 Å². The Hall–Kier alpha value is -0.370. The van der Waals surface area contributed by atoms with Gasteiger partial charge in [-0.1, -0.05) is 33.6 Å². The molecule has 0 aromatic carbocycles. The standard InChI is InChI=1S/C12H24N2/c1-12(2,3)8-11(14-9-13)10-6-4-5-7-10/h10H,4-9,13H2,1-3H3/b14-11+. The molecule has 1 rings (SSSR count). The van der Waals surface area contributed by atoms with Crippen LogP contribution in [0.4, 0.5) is 0 Å². The van der Waals surface area contributed by atoms with Gasteiger partial charge in [-0.2, -0.15) is 0 Å². The predicted molar refractivity (Wildman–Crippen MR) is 62.5 cm³/mol. The van der Waals surface area contributed by atoms with Gasteiger partial charge in [0, 0.05) is 5.71 Å². The van der Waals surface area contributed by atoms with Gasteiger partial charge in [-0.15, -0.1) is 0 Å². The zero-order valence-corrected chi connectivity index (χ0v) is 9.84. The fraction of sp³-hybridized carbons (Fsp3) is 0.917. The summed E-state index contributed by atoms with van der Waals surface area (Å²) in [7, 11) is 0. The van der Waals surface area contributed by atoms with Crippen LogP contribution >= 0.6 is 0 Å². The van der Waals surface area contributed by atoms with E-state index in [4.69, 9.17) is 5.73 Å². The Balaban J connectivity index is 2.59. The second-order valence-electron chi connectivity index (χ2n) is 5.55. The van der Waals surface area contributed by atoms with Gasteiger partial charge in [0.05, 0.1) is 6.67 Å². The number of hydrogen-bond acceptors (Lipinski definition) is 2. The van der Waals surface area contributed by atoms with E-state index in [-0.39, 0.29) is 0 Å². The van der Waals surface area contributed by atoms with Crippen molar-refractivity contribution in [1.29, 1.82) is 0 Å².